The van der Waals surface area contributed by atoms with Gasteiger partial charge in [0.2, 0.25) is 0 Å². The summed E-state index contributed by atoms with van der Waals surface area (Å²) >= 11 is 12.1. The van der Waals surface area contributed by atoms with E-state index in [-0.39, 0.29) is 6.04 Å². The van der Waals surface area contributed by atoms with Crippen LogP contribution in [0.25, 0.3) is 0 Å². The van der Waals surface area contributed by atoms with Crippen molar-refractivity contribution in [3.63, 3.8) is 0 Å². The van der Waals surface area contributed by atoms with E-state index in [2.05, 4.69) is 13.8 Å². The normalized spacial score (nSPS) is 25.0. The van der Waals surface area contributed by atoms with E-state index < -0.39 is 0 Å². The highest BCUT2D eigenvalue weighted by molar-refractivity contribution is 6.42. The predicted molar refractivity (Wildman–Crippen MR) is 65.3 cm³/mol. The molecule has 0 radical (unpaired) electrons. The standard InChI is InChI=1S/C12H15Cl2N/c1-12(2)6-8(12)11(15)7-4-3-5-9(13)10(7)14/h3-5,8,11H,6,15H2,1-2H3. The Morgan fingerprint density at radius 2 is 2.00 bits per heavy atom. The Bertz CT molecular complexity index is 387. The molecule has 1 saturated carbocycles. The Balaban J connectivity index is 2.27. The van der Waals surface area contributed by atoms with Crippen molar-refractivity contribution < 1.29 is 0 Å². The van der Waals surface area contributed by atoms with Gasteiger partial charge in [0.15, 0.2) is 0 Å². The number of nitrogens with two attached hydrogens (primary N) is 1. The van der Waals surface area contributed by atoms with Gasteiger partial charge in [0.1, 0.15) is 0 Å². The fraction of sp³-hybridized carbons (Fsp3) is 0.500. The van der Waals surface area contributed by atoms with Crippen LogP contribution >= 0.6 is 23.2 Å². The molecule has 2 rings (SSSR count). The summed E-state index contributed by atoms with van der Waals surface area (Å²) in [5, 5.41) is 1.19. The molecule has 3 heteroatoms. The second kappa shape index (κ2) is 3.65. The maximum absolute atomic E-state index is 6.20. The monoisotopic (exact) mass is 243 g/mol. The van der Waals surface area contributed by atoms with Crippen molar-refractivity contribution >= 4 is 23.2 Å². The van der Waals surface area contributed by atoms with Gasteiger partial charge in [-0.1, -0.05) is 49.2 Å². The first-order valence-corrected chi connectivity index (χ1v) is 5.88. The highest BCUT2D eigenvalue weighted by atomic mass is 35.5. The lowest BCUT2D eigenvalue weighted by Crippen LogP contribution is -2.15. The number of halogens is 2. The van der Waals surface area contributed by atoms with Crippen LogP contribution in [-0.4, -0.2) is 0 Å². The van der Waals surface area contributed by atoms with Crippen molar-refractivity contribution in [3.8, 4) is 0 Å². The van der Waals surface area contributed by atoms with E-state index in [4.69, 9.17) is 28.9 Å². The van der Waals surface area contributed by atoms with Gasteiger partial charge in [0, 0.05) is 6.04 Å². The molecule has 1 nitrogen and oxygen atoms in total. The molecule has 1 aromatic rings. The molecule has 2 atom stereocenters. The molecule has 15 heavy (non-hydrogen) atoms. The topological polar surface area (TPSA) is 26.0 Å². The van der Waals surface area contributed by atoms with Gasteiger partial charge in [-0.25, -0.2) is 0 Å². The maximum atomic E-state index is 6.20. The van der Waals surface area contributed by atoms with Crippen LogP contribution in [0.1, 0.15) is 31.9 Å². The largest absolute Gasteiger partial charge is 0.324 e. The van der Waals surface area contributed by atoms with E-state index in [0.717, 1.165) is 12.0 Å². The zero-order chi connectivity index (χ0) is 11.2. The quantitative estimate of drug-likeness (QED) is 0.834. The Morgan fingerprint density at radius 1 is 1.40 bits per heavy atom. The molecule has 2 unspecified atom stereocenters. The van der Waals surface area contributed by atoms with Crippen LogP contribution in [0.2, 0.25) is 10.0 Å². The minimum Gasteiger partial charge on any atom is -0.324 e. The summed E-state index contributed by atoms with van der Waals surface area (Å²) in [4.78, 5) is 0. The number of hydrogen-bond donors (Lipinski definition) is 1. The minimum atomic E-state index is 0.00574. The molecule has 0 aliphatic heterocycles. The summed E-state index contributed by atoms with van der Waals surface area (Å²) in [7, 11) is 0. The van der Waals surface area contributed by atoms with Crippen LogP contribution in [-0.2, 0) is 0 Å². The van der Waals surface area contributed by atoms with Crippen molar-refractivity contribution in [1.82, 2.24) is 0 Å². The Hall–Kier alpha value is -0.240. The van der Waals surface area contributed by atoms with Gasteiger partial charge in [-0.3, -0.25) is 0 Å². The molecule has 2 N–H and O–H groups in total. The van der Waals surface area contributed by atoms with Crippen molar-refractivity contribution in [2.75, 3.05) is 0 Å². The van der Waals surface area contributed by atoms with Crippen molar-refractivity contribution in [1.29, 1.82) is 0 Å². The lowest BCUT2D eigenvalue weighted by molar-refractivity contribution is 0.491. The molecule has 0 heterocycles. The van der Waals surface area contributed by atoms with Gasteiger partial charge >= 0.3 is 0 Å². The minimum absolute atomic E-state index is 0.00574. The van der Waals surface area contributed by atoms with E-state index >= 15 is 0 Å². The summed E-state index contributed by atoms with van der Waals surface area (Å²) in [6.07, 6.45) is 1.16. The number of benzene rings is 1. The lowest BCUT2D eigenvalue weighted by Gasteiger charge is -2.16. The van der Waals surface area contributed by atoms with E-state index in [9.17, 15) is 0 Å². The summed E-state index contributed by atoms with van der Waals surface area (Å²) in [6.45, 7) is 4.46. The Labute approximate surface area is 101 Å². The summed E-state index contributed by atoms with van der Waals surface area (Å²) in [6, 6.07) is 5.66. The third kappa shape index (κ3) is 2.01. The molecule has 0 saturated heterocycles. The summed E-state index contributed by atoms with van der Waals surface area (Å²) < 4.78 is 0. The first-order chi connectivity index (χ1) is 6.93. The fourth-order valence-electron chi connectivity index (χ4n) is 2.12. The van der Waals surface area contributed by atoms with Crippen molar-refractivity contribution in [3.05, 3.63) is 33.8 Å². The van der Waals surface area contributed by atoms with Gasteiger partial charge in [-0.15, -0.1) is 0 Å². The van der Waals surface area contributed by atoms with Crippen LogP contribution in [0, 0.1) is 11.3 Å². The van der Waals surface area contributed by atoms with E-state index in [0.29, 0.717) is 21.4 Å². The molecule has 1 aliphatic rings. The Kier molecular flexibility index (Phi) is 2.74. The molecule has 0 spiro atoms. The average molecular weight is 244 g/mol. The first kappa shape index (κ1) is 11.3. The van der Waals surface area contributed by atoms with E-state index in [1.165, 1.54) is 0 Å². The van der Waals surface area contributed by atoms with E-state index in [1.807, 2.05) is 12.1 Å². The fourth-order valence-corrected chi connectivity index (χ4v) is 2.55. The van der Waals surface area contributed by atoms with Gasteiger partial charge in [0.05, 0.1) is 10.0 Å². The van der Waals surface area contributed by atoms with Crippen LogP contribution in [0.15, 0.2) is 18.2 Å². The second-order valence-electron chi connectivity index (χ2n) is 4.97. The average Bonchev–Trinajstić information content (AvgIpc) is 2.79. The van der Waals surface area contributed by atoms with Crippen LogP contribution < -0.4 is 5.73 Å². The second-order valence-corrected chi connectivity index (χ2v) is 5.75. The summed E-state index contributed by atoms with van der Waals surface area (Å²) in [5.41, 5.74) is 7.53. The molecular formula is C12H15Cl2N. The SMILES string of the molecule is CC1(C)CC1C(N)c1cccc(Cl)c1Cl. The van der Waals surface area contributed by atoms with Crippen LogP contribution in [0.4, 0.5) is 0 Å². The van der Waals surface area contributed by atoms with Gasteiger partial charge in [-0.2, -0.15) is 0 Å². The lowest BCUT2D eigenvalue weighted by atomic mass is 9.98. The molecule has 0 amide bonds. The molecule has 1 aliphatic carbocycles. The van der Waals surface area contributed by atoms with E-state index in [1.54, 1.807) is 6.07 Å². The number of hydrogen-bond acceptors (Lipinski definition) is 1. The molecular weight excluding hydrogens is 229 g/mol. The molecule has 1 aromatic carbocycles. The van der Waals surface area contributed by atoms with Gasteiger partial charge in [-0.05, 0) is 29.4 Å². The number of rotatable bonds is 2. The van der Waals surface area contributed by atoms with Gasteiger partial charge in [0.25, 0.3) is 0 Å². The third-order valence-corrected chi connectivity index (χ3v) is 4.20. The molecule has 82 valence electrons. The summed E-state index contributed by atoms with van der Waals surface area (Å²) in [5.74, 6) is 0.522. The third-order valence-electron chi connectivity index (χ3n) is 3.36. The van der Waals surface area contributed by atoms with Crippen LogP contribution in [0.3, 0.4) is 0 Å². The maximum Gasteiger partial charge on any atom is 0.0640 e. The van der Waals surface area contributed by atoms with Crippen LogP contribution in [0.5, 0.6) is 0 Å². The molecule has 0 aromatic heterocycles. The highest BCUT2D eigenvalue weighted by Crippen LogP contribution is 2.57. The Morgan fingerprint density at radius 3 is 2.53 bits per heavy atom. The predicted octanol–water partition coefficient (Wildman–Crippen LogP) is 4.04. The zero-order valence-electron chi connectivity index (χ0n) is 8.93. The van der Waals surface area contributed by atoms with Crippen molar-refractivity contribution in [2.45, 2.75) is 26.3 Å². The molecule has 1 fully saturated rings. The highest BCUT2D eigenvalue weighted by Gasteiger charge is 2.49. The smallest absolute Gasteiger partial charge is 0.0640 e. The first-order valence-electron chi connectivity index (χ1n) is 5.13. The van der Waals surface area contributed by atoms with Crippen molar-refractivity contribution in [2.24, 2.45) is 17.1 Å². The molecule has 0 bridgehead atoms. The zero-order valence-corrected chi connectivity index (χ0v) is 10.4. The van der Waals surface area contributed by atoms with Gasteiger partial charge < -0.3 is 5.73 Å².